The zero-order chi connectivity index (χ0) is 21.6. The van der Waals surface area contributed by atoms with Crippen LogP contribution >= 0.6 is 35.3 Å². The number of para-hydroxylation sites is 1. The van der Waals surface area contributed by atoms with E-state index in [0.29, 0.717) is 19.5 Å². The molecule has 32 heavy (non-hydrogen) atoms. The van der Waals surface area contributed by atoms with Crippen molar-refractivity contribution in [3.63, 3.8) is 0 Å². The largest absolute Gasteiger partial charge is 0.497 e. The van der Waals surface area contributed by atoms with E-state index >= 15 is 0 Å². The second-order valence-electron chi connectivity index (χ2n) is 7.34. The molecule has 3 N–H and O–H groups in total. The summed E-state index contributed by atoms with van der Waals surface area (Å²) in [6, 6.07) is 20.3. The highest BCUT2D eigenvalue weighted by Crippen LogP contribution is 2.31. The molecule has 1 aliphatic rings. The number of anilines is 1. The minimum Gasteiger partial charge on any atom is -0.497 e. The predicted octanol–water partition coefficient (Wildman–Crippen LogP) is 4.83. The Balaban J connectivity index is 0.00000289. The Morgan fingerprint density at radius 1 is 1.12 bits per heavy atom. The summed E-state index contributed by atoms with van der Waals surface area (Å²) in [5, 5.41) is 9.69. The number of aliphatic imine (C=N–C) groups is 1. The van der Waals surface area contributed by atoms with Gasteiger partial charge in [-0.3, -0.25) is 9.79 Å². The number of fused-ring (bicyclic) bond motifs is 1. The molecular weight excluding hydrogens is 535 g/mol. The first-order valence-electron chi connectivity index (χ1n) is 10.2. The van der Waals surface area contributed by atoms with Crippen molar-refractivity contribution in [2.75, 3.05) is 26.0 Å². The molecular formula is C24H27IN4O2S. The molecule has 6 nitrogen and oxygen atoms in total. The van der Waals surface area contributed by atoms with Gasteiger partial charge >= 0.3 is 0 Å². The van der Waals surface area contributed by atoms with E-state index in [2.05, 4.69) is 51.3 Å². The van der Waals surface area contributed by atoms with Crippen molar-refractivity contribution < 1.29 is 9.53 Å². The monoisotopic (exact) mass is 562 g/mol. The molecule has 0 bridgehead atoms. The van der Waals surface area contributed by atoms with Crippen molar-refractivity contribution in [1.29, 1.82) is 0 Å². The second kappa shape index (κ2) is 11.3. The quantitative estimate of drug-likeness (QED) is 0.229. The molecule has 0 saturated heterocycles. The molecule has 1 aromatic heterocycles. The summed E-state index contributed by atoms with van der Waals surface area (Å²) in [6.07, 6.45) is 0.469. The Hall–Kier alpha value is -2.59. The molecule has 4 rings (SSSR count). The number of carbonyl (C=O) groups is 1. The van der Waals surface area contributed by atoms with Crippen molar-refractivity contribution in [3.8, 4) is 16.2 Å². The second-order valence-corrected chi connectivity index (χ2v) is 8.51. The average molecular weight is 562 g/mol. The minimum atomic E-state index is 0. The van der Waals surface area contributed by atoms with Crippen molar-refractivity contribution in [2.24, 2.45) is 4.99 Å². The normalized spacial score (nSPS) is 15.2. The zero-order valence-electron chi connectivity index (χ0n) is 18.1. The molecule has 1 atom stereocenters. The van der Waals surface area contributed by atoms with Crippen LogP contribution in [0, 0.1) is 0 Å². The molecule has 0 radical (unpaired) electrons. The molecule has 0 aliphatic carbocycles. The molecule has 0 fully saturated rings. The van der Waals surface area contributed by atoms with Crippen LogP contribution in [0.4, 0.5) is 5.69 Å². The number of ether oxygens (including phenoxy) is 1. The fraction of sp³-hybridized carbons (Fsp3) is 0.250. The molecule has 3 aromatic rings. The van der Waals surface area contributed by atoms with Crippen LogP contribution in [0.1, 0.15) is 22.8 Å². The van der Waals surface area contributed by atoms with Crippen LogP contribution in [0.25, 0.3) is 10.4 Å². The summed E-state index contributed by atoms with van der Waals surface area (Å²) >= 11 is 1.75. The number of amides is 1. The Labute approximate surface area is 209 Å². The molecule has 2 heterocycles. The van der Waals surface area contributed by atoms with Crippen molar-refractivity contribution in [1.82, 2.24) is 10.6 Å². The van der Waals surface area contributed by atoms with Gasteiger partial charge in [0.1, 0.15) is 5.75 Å². The lowest BCUT2D eigenvalue weighted by Crippen LogP contribution is -2.40. The van der Waals surface area contributed by atoms with Crippen LogP contribution in [0.5, 0.6) is 5.75 Å². The van der Waals surface area contributed by atoms with Gasteiger partial charge in [-0.05, 0) is 53.6 Å². The number of rotatable bonds is 6. The van der Waals surface area contributed by atoms with E-state index in [1.807, 2.05) is 30.3 Å². The third-order valence-corrected chi connectivity index (χ3v) is 6.45. The lowest BCUT2D eigenvalue weighted by Gasteiger charge is -2.26. The van der Waals surface area contributed by atoms with Crippen LogP contribution in [-0.4, -0.2) is 32.6 Å². The summed E-state index contributed by atoms with van der Waals surface area (Å²) in [6.45, 7) is 1.33. The van der Waals surface area contributed by atoms with Crippen LogP contribution in [0.15, 0.2) is 65.7 Å². The molecule has 0 spiro atoms. The predicted molar refractivity (Wildman–Crippen MR) is 142 cm³/mol. The fourth-order valence-corrected chi connectivity index (χ4v) is 4.63. The standard InChI is InChI=1S/C24H26N4O2S.HI/c1-25-24(26-14-17-13-23(29)28-21-6-4-3-5-20(17)21)27-15-19-11-12-22(31-19)16-7-9-18(30-2)10-8-16;/h3-12,17H,13-15H2,1-2H3,(H,28,29)(H2,25,26,27);1H. The number of thiophene rings is 1. The topological polar surface area (TPSA) is 74.8 Å². The average Bonchev–Trinajstić information content (AvgIpc) is 3.28. The Bertz CT molecular complexity index is 1080. The molecule has 0 saturated carbocycles. The SMILES string of the molecule is CN=C(NCc1ccc(-c2ccc(OC)cc2)s1)NCC1CC(=O)Nc2ccccc21.I. The van der Waals surface area contributed by atoms with Gasteiger partial charge in [0.05, 0.1) is 13.7 Å². The number of nitrogens with one attached hydrogen (secondary N) is 3. The van der Waals surface area contributed by atoms with Gasteiger partial charge in [0.15, 0.2) is 5.96 Å². The van der Waals surface area contributed by atoms with E-state index in [1.54, 1.807) is 25.5 Å². The smallest absolute Gasteiger partial charge is 0.225 e. The fourth-order valence-electron chi connectivity index (χ4n) is 3.68. The minimum absolute atomic E-state index is 0. The number of methoxy groups -OCH3 is 1. The molecule has 168 valence electrons. The van der Waals surface area contributed by atoms with Gasteiger partial charge in [-0.25, -0.2) is 0 Å². The number of hydrogen-bond donors (Lipinski definition) is 3. The number of halogens is 1. The van der Waals surface area contributed by atoms with Gasteiger partial charge < -0.3 is 20.7 Å². The first kappa shape index (κ1) is 24.1. The van der Waals surface area contributed by atoms with Crippen LogP contribution in [0.3, 0.4) is 0 Å². The zero-order valence-corrected chi connectivity index (χ0v) is 21.2. The first-order chi connectivity index (χ1) is 15.2. The molecule has 2 aromatic carbocycles. The van der Waals surface area contributed by atoms with Crippen molar-refractivity contribution >= 4 is 52.9 Å². The molecule has 1 unspecified atom stereocenters. The van der Waals surface area contributed by atoms with Crippen molar-refractivity contribution in [2.45, 2.75) is 18.9 Å². The van der Waals surface area contributed by atoms with E-state index in [-0.39, 0.29) is 35.8 Å². The molecule has 8 heteroatoms. The number of benzene rings is 2. The van der Waals surface area contributed by atoms with E-state index in [0.717, 1.165) is 23.0 Å². The maximum absolute atomic E-state index is 12.0. The van der Waals surface area contributed by atoms with Crippen LogP contribution in [-0.2, 0) is 11.3 Å². The number of carbonyl (C=O) groups excluding carboxylic acids is 1. The third kappa shape index (κ3) is 5.80. The molecule has 1 aliphatic heterocycles. The highest BCUT2D eigenvalue weighted by Gasteiger charge is 2.24. The third-order valence-electron chi connectivity index (χ3n) is 5.31. The lowest BCUT2D eigenvalue weighted by molar-refractivity contribution is -0.116. The van der Waals surface area contributed by atoms with E-state index in [9.17, 15) is 4.79 Å². The number of guanidine groups is 1. The van der Waals surface area contributed by atoms with Crippen molar-refractivity contribution in [3.05, 3.63) is 71.1 Å². The van der Waals surface area contributed by atoms with E-state index in [4.69, 9.17) is 4.74 Å². The number of nitrogens with zero attached hydrogens (tertiary/aromatic N) is 1. The van der Waals surface area contributed by atoms with Gasteiger partial charge in [-0.1, -0.05) is 18.2 Å². The van der Waals surface area contributed by atoms with E-state index < -0.39 is 0 Å². The lowest BCUT2D eigenvalue weighted by atomic mass is 9.90. The van der Waals surface area contributed by atoms with E-state index in [1.165, 1.54) is 15.3 Å². The summed E-state index contributed by atoms with van der Waals surface area (Å²) in [7, 11) is 3.43. The van der Waals surface area contributed by atoms with Gasteiger partial charge in [0.2, 0.25) is 5.91 Å². The van der Waals surface area contributed by atoms with Gasteiger partial charge in [-0.2, -0.15) is 0 Å². The van der Waals surface area contributed by atoms with Gasteiger partial charge in [0, 0.05) is 41.4 Å². The first-order valence-corrected chi connectivity index (χ1v) is 11.0. The maximum Gasteiger partial charge on any atom is 0.225 e. The summed E-state index contributed by atoms with van der Waals surface area (Å²) in [5.74, 6) is 1.75. The Morgan fingerprint density at radius 2 is 1.91 bits per heavy atom. The summed E-state index contributed by atoms with van der Waals surface area (Å²) < 4.78 is 5.23. The highest BCUT2D eigenvalue weighted by molar-refractivity contribution is 14.0. The Morgan fingerprint density at radius 3 is 2.66 bits per heavy atom. The summed E-state index contributed by atoms with van der Waals surface area (Å²) in [4.78, 5) is 18.8. The Kier molecular flexibility index (Phi) is 8.52. The summed E-state index contributed by atoms with van der Waals surface area (Å²) in [5.41, 5.74) is 3.24. The van der Waals surface area contributed by atoms with Gasteiger partial charge in [0.25, 0.3) is 0 Å². The highest BCUT2D eigenvalue weighted by atomic mass is 127. The van der Waals surface area contributed by atoms with Crippen LogP contribution < -0.4 is 20.7 Å². The molecule has 1 amide bonds. The van der Waals surface area contributed by atoms with Gasteiger partial charge in [-0.15, -0.1) is 35.3 Å². The maximum atomic E-state index is 12.0. The van der Waals surface area contributed by atoms with Crippen LogP contribution in [0.2, 0.25) is 0 Å². The number of hydrogen-bond acceptors (Lipinski definition) is 4.